The summed E-state index contributed by atoms with van der Waals surface area (Å²) in [4.78, 5) is 23.7. The zero-order valence-electron chi connectivity index (χ0n) is 12.9. The lowest BCUT2D eigenvalue weighted by atomic mass is 10.2. The maximum Gasteiger partial charge on any atom is 0.233 e. The molecule has 0 aromatic heterocycles. The lowest BCUT2D eigenvalue weighted by Crippen LogP contribution is -2.22. The fourth-order valence-corrected chi connectivity index (χ4v) is 1.98. The lowest BCUT2D eigenvalue weighted by Gasteiger charge is -2.11. The van der Waals surface area contributed by atoms with E-state index in [1.54, 1.807) is 24.3 Å². The number of halogens is 2. The molecule has 2 rings (SSSR count). The van der Waals surface area contributed by atoms with Crippen LogP contribution in [0.5, 0.6) is 5.75 Å². The predicted octanol–water partition coefficient (Wildman–Crippen LogP) is 3.33. The van der Waals surface area contributed by atoms with Crippen LogP contribution in [-0.4, -0.2) is 18.4 Å². The number of carbonyl (C=O) groups is 2. The van der Waals surface area contributed by atoms with Crippen LogP contribution in [0.3, 0.4) is 0 Å². The third kappa shape index (κ3) is 4.77. The van der Waals surface area contributed by atoms with E-state index in [9.17, 15) is 18.4 Å². The highest BCUT2D eigenvalue weighted by atomic mass is 19.1. The van der Waals surface area contributed by atoms with Gasteiger partial charge in [0.15, 0.2) is 0 Å². The molecular weight excluding hydrogens is 318 g/mol. The molecule has 0 bridgehead atoms. The summed E-state index contributed by atoms with van der Waals surface area (Å²) in [6.45, 7) is 2.24. The summed E-state index contributed by atoms with van der Waals surface area (Å²) < 4.78 is 31.6. The SMILES string of the molecule is CCOc1ccccc1NC(=O)CC(=O)Nc1ccc(F)cc1F. The molecule has 0 aliphatic heterocycles. The van der Waals surface area contributed by atoms with Crippen molar-refractivity contribution in [2.24, 2.45) is 0 Å². The average molecular weight is 334 g/mol. The Morgan fingerprint density at radius 2 is 1.67 bits per heavy atom. The fourth-order valence-electron chi connectivity index (χ4n) is 1.98. The van der Waals surface area contributed by atoms with Crippen LogP contribution in [0, 0.1) is 11.6 Å². The molecule has 5 nitrogen and oxygen atoms in total. The van der Waals surface area contributed by atoms with Crippen LogP contribution in [0.1, 0.15) is 13.3 Å². The number of benzene rings is 2. The van der Waals surface area contributed by atoms with Gasteiger partial charge in [0, 0.05) is 6.07 Å². The number of para-hydroxylation sites is 2. The molecule has 2 amide bonds. The van der Waals surface area contributed by atoms with E-state index in [0.717, 1.165) is 12.1 Å². The summed E-state index contributed by atoms with van der Waals surface area (Å²) in [5, 5.41) is 4.78. The molecule has 0 aliphatic carbocycles. The fraction of sp³-hybridized carbons (Fsp3) is 0.176. The van der Waals surface area contributed by atoms with Crippen molar-refractivity contribution in [3.05, 3.63) is 54.1 Å². The number of rotatable bonds is 6. The Morgan fingerprint density at radius 1 is 1.00 bits per heavy atom. The van der Waals surface area contributed by atoms with Gasteiger partial charge in [-0.2, -0.15) is 0 Å². The number of nitrogens with one attached hydrogen (secondary N) is 2. The van der Waals surface area contributed by atoms with Crippen molar-refractivity contribution >= 4 is 23.2 Å². The number of amides is 2. The second kappa shape index (κ2) is 8.05. The van der Waals surface area contributed by atoms with E-state index < -0.39 is 29.9 Å². The first-order chi connectivity index (χ1) is 11.5. The molecule has 24 heavy (non-hydrogen) atoms. The molecule has 0 saturated carbocycles. The summed E-state index contributed by atoms with van der Waals surface area (Å²) in [5.74, 6) is -2.48. The smallest absolute Gasteiger partial charge is 0.233 e. The molecule has 0 saturated heterocycles. The average Bonchev–Trinajstić information content (AvgIpc) is 2.52. The van der Waals surface area contributed by atoms with Crippen LogP contribution in [-0.2, 0) is 9.59 Å². The zero-order valence-corrected chi connectivity index (χ0v) is 12.9. The highest BCUT2D eigenvalue weighted by Gasteiger charge is 2.14. The topological polar surface area (TPSA) is 67.4 Å². The molecule has 0 atom stereocenters. The molecule has 0 unspecified atom stereocenters. The molecule has 0 heterocycles. The molecule has 2 aromatic rings. The Labute approximate surface area is 137 Å². The van der Waals surface area contributed by atoms with Gasteiger partial charge in [0.25, 0.3) is 0 Å². The van der Waals surface area contributed by atoms with Gasteiger partial charge in [-0.05, 0) is 31.2 Å². The monoisotopic (exact) mass is 334 g/mol. The predicted molar refractivity (Wildman–Crippen MR) is 85.8 cm³/mol. The van der Waals surface area contributed by atoms with Crippen LogP contribution in [0.25, 0.3) is 0 Å². The van der Waals surface area contributed by atoms with E-state index in [0.29, 0.717) is 24.1 Å². The second-order valence-corrected chi connectivity index (χ2v) is 4.83. The molecule has 7 heteroatoms. The normalized spacial score (nSPS) is 10.1. The number of anilines is 2. The molecule has 0 radical (unpaired) electrons. The van der Waals surface area contributed by atoms with Crippen molar-refractivity contribution in [1.82, 2.24) is 0 Å². The number of ether oxygens (including phenoxy) is 1. The van der Waals surface area contributed by atoms with Crippen LogP contribution in [0.15, 0.2) is 42.5 Å². The largest absolute Gasteiger partial charge is 0.492 e. The number of hydrogen-bond acceptors (Lipinski definition) is 3. The van der Waals surface area contributed by atoms with E-state index in [-0.39, 0.29) is 5.69 Å². The van der Waals surface area contributed by atoms with Gasteiger partial charge in [0.1, 0.15) is 23.8 Å². The van der Waals surface area contributed by atoms with E-state index in [1.807, 2.05) is 6.92 Å². The van der Waals surface area contributed by atoms with Crippen molar-refractivity contribution in [3.63, 3.8) is 0 Å². The standard InChI is InChI=1S/C17H16F2N2O3/c1-2-24-15-6-4-3-5-14(15)21-17(23)10-16(22)20-13-8-7-11(18)9-12(13)19/h3-9H,2,10H2,1H3,(H,20,22)(H,21,23). The highest BCUT2D eigenvalue weighted by molar-refractivity contribution is 6.08. The van der Waals surface area contributed by atoms with Gasteiger partial charge in [-0.1, -0.05) is 12.1 Å². The first kappa shape index (κ1) is 17.4. The van der Waals surface area contributed by atoms with Gasteiger partial charge in [0.05, 0.1) is 18.0 Å². The van der Waals surface area contributed by atoms with Crippen LogP contribution >= 0.6 is 0 Å². The number of hydrogen-bond donors (Lipinski definition) is 2. The third-order valence-electron chi connectivity index (χ3n) is 2.99. The van der Waals surface area contributed by atoms with Crippen LogP contribution in [0.4, 0.5) is 20.2 Å². The Bertz CT molecular complexity index is 750. The van der Waals surface area contributed by atoms with Crippen molar-refractivity contribution in [3.8, 4) is 5.75 Å². The molecule has 0 fully saturated rings. The lowest BCUT2D eigenvalue weighted by molar-refractivity contribution is -0.123. The molecular formula is C17H16F2N2O3. The van der Waals surface area contributed by atoms with E-state index >= 15 is 0 Å². The van der Waals surface area contributed by atoms with E-state index in [4.69, 9.17) is 4.74 Å². The zero-order chi connectivity index (χ0) is 17.5. The van der Waals surface area contributed by atoms with E-state index in [2.05, 4.69) is 10.6 Å². The molecule has 0 aliphatic rings. The van der Waals surface area contributed by atoms with Crippen molar-refractivity contribution in [1.29, 1.82) is 0 Å². The molecule has 2 N–H and O–H groups in total. The number of carbonyl (C=O) groups excluding carboxylic acids is 2. The Balaban J connectivity index is 1.96. The van der Waals surface area contributed by atoms with Gasteiger partial charge in [-0.25, -0.2) is 8.78 Å². The molecule has 0 spiro atoms. The maximum absolute atomic E-state index is 13.5. The van der Waals surface area contributed by atoms with Gasteiger partial charge >= 0.3 is 0 Å². The maximum atomic E-state index is 13.5. The van der Waals surface area contributed by atoms with Crippen LogP contribution in [0.2, 0.25) is 0 Å². The molecule has 126 valence electrons. The summed E-state index contributed by atoms with van der Waals surface area (Å²) in [7, 11) is 0. The van der Waals surface area contributed by atoms with Crippen LogP contribution < -0.4 is 15.4 Å². The molecule has 2 aromatic carbocycles. The van der Waals surface area contributed by atoms with Gasteiger partial charge < -0.3 is 15.4 Å². The third-order valence-corrected chi connectivity index (χ3v) is 2.99. The Kier molecular flexibility index (Phi) is 5.83. The summed E-state index contributed by atoms with van der Waals surface area (Å²) in [5.41, 5.74) is 0.244. The first-order valence-electron chi connectivity index (χ1n) is 7.26. The minimum Gasteiger partial charge on any atom is -0.492 e. The Hall–Kier alpha value is -2.96. The van der Waals surface area contributed by atoms with Gasteiger partial charge in [-0.15, -0.1) is 0 Å². The Morgan fingerprint density at radius 3 is 2.33 bits per heavy atom. The van der Waals surface area contributed by atoms with Gasteiger partial charge in [0.2, 0.25) is 11.8 Å². The minimum absolute atomic E-state index is 0.191. The summed E-state index contributed by atoms with van der Waals surface area (Å²) in [6.07, 6.45) is -0.517. The second-order valence-electron chi connectivity index (χ2n) is 4.83. The first-order valence-corrected chi connectivity index (χ1v) is 7.26. The van der Waals surface area contributed by atoms with Crippen molar-refractivity contribution in [2.75, 3.05) is 17.2 Å². The van der Waals surface area contributed by atoms with Crippen molar-refractivity contribution in [2.45, 2.75) is 13.3 Å². The summed E-state index contributed by atoms with van der Waals surface area (Å²) in [6, 6.07) is 9.54. The van der Waals surface area contributed by atoms with E-state index in [1.165, 1.54) is 0 Å². The quantitative estimate of drug-likeness (QED) is 0.796. The van der Waals surface area contributed by atoms with Gasteiger partial charge in [-0.3, -0.25) is 9.59 Å². The van der Waals surface area contributed by atoms with Crippen molar-refractivity contribution < 1.29 is 23.1 Å². The minimum atomic E-state index is -0.912. The summed E-state index contributed by atoms with van der Waals surface area (Å²) >= 11 is 0. The highest BCUT2D eigenvalue weighted by Crippen LogP contribution is 2.23.